The van der Waals surface area contributed by atoms with Gasteiger partial charge in [-0.15, -0.1) is 0 Å². The van der Waals surface area contributed by atoms with Crippen LogP contribution in [0.5, 0.6) is 0 Å². The lowest BCUT2D eigenvalue weighted by molar-refractivity contribution is 0.117. The molecular formula is C13H26N2. The summed E-state index contributed by atoms with van der Waals surface area (Å²) in [6.07, 6.45) is 5.58. The largest absolute Gasteiger partial charge is 0.329 e. The van der Waals surface area contributed by atoms with Gasteiger partial charge in [-0.05, 0) is 37.0 Å². The van der Waals surface area contributed by atoms with Crippen LogP contribution in [0.25, 0.3) is 0 Å². The Labute approximate surface area is 94.2 Å². The fraction of sp³-hybridized carbons (Fsp3) is 1.00. The minimum Gasteiger partial charge on any atom is -0.329 e. The van der Waals surface area contributed by atoms with Gasteiger partial charge in [-0.1, -0.05) is 20.8 Å². The maximum absolute atomic E-state index is 5.95. The van der Waals surface area contributed by atoms with Gasteiger partial charge >= 0.3 is 0 Å². The topological polar surface area (TPSA) is 29.3 Å². The molecule has 88 valence electrons. The average Bonchev–Trinajstić information content (AvgIpc) is 2.73. The highest BCUT2D eigenvalue weighted by atomic mass is 15.2. The van der Waals surface area contributed by atoms with E-state index in [0.717, 1.165) is 18.5 Å². The molecule has 1 aliphatic carbocycles. The van der Waals surface area contributed by atoms with Crippen molar-refractivity contribution in [3.8, 4) is 0 Å². The molecule has 2 bridgehead atoms. The van der Waals surface area contributed by atoms with Crippen molar-refractivity contribution in [1.29, 1.82) is 0 Å². The molecule has 2 rings (SSSR count). The van der Waals surface area contributed by atoms with E-state index in [1.807, 2.05) is 0 Å². The van der Waals surface area contributed by atoms with Crippen molar-refractivity contribution in [2.45, 2.75) is 58.5 Å². The molecule has 3 atom stereocenters. The molecule has 0 aromatic rings. The Morgan fingerprint density at radius 2 is 2.07 bits per heavy atom. The van der Waals surface area contributed by atoms with Crippen molar-refractivity contribution in [3.63, 3.8) is 0 Å². The number of nitrogens with two attached hydrogens (primary N) is 1. The summed E-state index contributed by atoms with van der Waals surface area (Å²) in [6, 6.07) is 1.49. The quantitative estimate of drug-likeness (QED) is 0.774. The smallest absolute Gasteiger partial charge is 0.0226 e. The van der Waals surface area contributed by atoms with Crippen LogP contribution in [0.2, 0.25) is 0 Å². The van der Waals surface area contributed by atoms with Crippen LogP contribution in [0.1, 0.15) is 46.5 Å². The van der Waals surface area contributed by atoms with E-state index in [4.69, 9.17) is 5.73 Å². The molecule has 15 heavy (non-hydrogen) atoms. The van der Waals surface area contributed by atoms with Crippen LogP contribution in [0.3, 0.4) is 0 Å². The van der Waals surface area contributed by atoms with Crippen LogP contribution < -0.4 is 5.73 Å². The molecule has 3 unspecified atom stereocenters. The third kappa shape index (κ3) is 2.54. The van der Waals surface area contributed by atoms with E-state index in [1.165, 1.54) is 32.2 Å². The molecule has 1 saturated carbocycles. The minimum absolute atomic E-state index is 0.409. The highest BCUT2D eigenvalue weighted by molar-refractivity contribution is 4.96. The van der Waals surface area contributed by atoms with Crippen LogP contribution >= 0.6 is 0 Å². The predicted octanol–water partition coefficient (Wildman–Crippen LogP) is 2.23. The van der Waals surface area contributed by atoms with Crippen LogP contribution in [-0.2, 0) is 0 Å². The third-order valence-electron chi connectivity index (χ3n) is 4.04. The summed E-state index contributed by atoms with van der Waals surface area (Å²) in [5.41, 5.74) is 6.36. The van der Waals surface area contributed by atoms with E-state index < -0.39 is 0 Å². The number of likely N-dealkylation sites (tertiary alicyclic amines) is 1. The van der Waals surface area contributed by atoms with Gasteiger partial charge in [0.05, 0.1) is 0 Å². The molecule has 2 aliphatic rings. The standard InChI is InChI=1S/C13H26N2/c1-13(2,3)7-12(8-14)15-9-10-4-5-11(15)6-10/h10-12H,4-9,14H2,1-3H3. The first-order valence-corrected chi connectivity index (χ1v) is 6.45. The molecular weight excluding hydrogens is 184 g/mol. The lowest BCUT2D eigenvalue weighted by atomic mass is 9.87. The Hall–Kier alpha value is -0.0800. The molecule has 0 spiro atoms. The summed E-state index contributed by atoms with van der Waals surface area (Å²) >= 11 is 0. The van der Waals surface area contributed by atoms with Gasteiger partial charge in [0.25, 0.3) is 0 Å². The average molecular weight is 210 g/mol. The fourth-order valence-electron chi connectivity index (χ4n) is 3.45. The van der Waals surface area contributed by atoms with Gasteiger partial charge in [0, 0.05) is 25.2 Å². The Kier molecular flexibility index (Phi) is 3.09. The molecule has 0 aromatic carbocycles. The van der Waals surface area contributed by atoms with E-state index in [-0.39, 0.29) is 0 Å². The fourth-order valence-corrected chi connectivity index (χ4v) is 3.45. The highest BCUT2D eigenvalue weighted by Gasteiger charge is 2.41. The van der Waals surface area contributed by atoms with E-state index in [0.29, 0.717) is 11.5 Å². The Balaban J connectivity index is 1.95. The van der Waals surface area contributed by atoms with Gasteiger partial charge in [0.2, 0.25) is 0 Å². The lowest BCUT2D eigenvalue weighted by Gasteiger charge is -2.37. The van der Waals surface area contributed by atoms with Crippen molar-refractivity contribution >= 4 is 0 Å². The van der Waals surface area contributed by atoms with Crippen molar-refractivity contribution in [2.24, 2.45) is 17.1 Å². The van der Waals surface area contributed by atoms with E-state index >= 15 is 0 Å². The summed E-state index contributed by atoms with van der Waals surface area (Å²) < 4.78 is 0. The molecule has 1 aliphatic heterocycles. The maximum Gasteiger partial charge on any atom is 0.0226 e. The molecule has 1 saturated heterocycles. The Morgan fingerprint density at radius 3 is 2.47 bits per heavy atom. The second kappa shape index (κ2) is 4.06. The zero-order valence-corrected chi connectivity index (χ0v) is 10.5. The monoisotopic (exact) mass is 210 g/mol. The summed E-state index contributed by atoms with van der Waals surface area (Å²) in [7, 11) is 0. The van der Waals surface area contributed by atoms with Gasteiger partial charge in [-0.25, -0.2) is 0 Å². The van der Waals surface area contributed by atoms with Gasteiger partial charge in [-0.2, -0.15) is 0 Å². The van der Waals surface area contributed by atoms with E-state index in [1.54, 1.807) is 0 Å². The first kappa shape index (κ1) is 11.4. The molecule has 0 radical (unpaired) electrons. The van der Waals surface area contributed by atoms with Crippen molar-refractivity contribution in [2.75, 3.05) is 13.1 Å². The zero-order chi connectivity index (χ0) is 11.1. The molecule has 1 heterocycles. The summed E-state index contributed by atoms with van der Waals surface area (Å²) in [5, 5.41) is 0. The molecule has 0 amide bonds. The maximum atomic E-state index is 5.95. The molecule has 2 N–H and O–H groups in total. The van der Waals surface area contributed by atoms with Crippen LogP contribution in [0, 0.1) is 11.3 Å². The Morgan fingerprint density at radius 1 is 1.33 bits per heavy atom. The number of rotatable bonds is 3. The summed E-state index contributed by atoms with van der Waals surface area (Å²) in [4.78, 5) is 2.71. The number of fused-ring (bicyclic) bond motifs is 2. The third-order valence-corrected chi connectivity index (χ3v) is 4.04. The van der Waals surface area contributed by atoms with Crippen LogP contribution in [-0.4, -0.2) is 30.1 Å². The van der Waals surface area contributed by atoms with Gasteiger partial charge in [0.1, 0.15) is 0 Å². The zero-order valence-electron chi connectivity index (χ0n) is 10.5. The first-order chi connectivity index (χ1) is 6.99. The number of hydrogen-bond donors (Lipinski definition) is 1. The molecule has 2 fully saturated rings. The summed E-state index contributed by atoms with van der Waals surface area (Å²) in [5.74, 6) is 0.990. The number of hydrogen-bond acceptors (Lipinski definition) is 2. The van der Waals surface area contributed by atoms with Crippen molar-refractivity contribution in [3.05, 3.63) is 0 Å². The summed E-state index contributed by atoms with van der Waals surface area (Å²) in [6.45, 7) is 9.13. The predicted molar refractivity (Wildman–Crippen MR) is 64.7 cm³/mol. The van der Waals surface area contributed by atoms with E-state index in [9.17, 15) is 0 Å². The molecule has 2 nitrogen and oxygen atoms in total. The van der Waals surface area contributed by atoms with Crippen LogP contribution in [0.15, 0.2) is 0 Å². The highest BCUT2D eigenvalue weighted by Crippen LogP contribution is 2.40. The second-order valence-electron chi connectivity index (χ2n) is 6.68. The number of nitrogens with zero attached hydrogens (tertiary/aromatic N) is 1. The lowest BCUT2D eigenvalue weighted by Crippen LogP contribution is -2.46. The van der Waals surface area contributed by atoms with Gasteiger partial charge < -0.3 is 5.73 Å². The normalized spacial score (nSPS) is 33.6. The SMILES string of the molecule is CC(C)(C)CC(CN)N1CC2CCC1C2. The van der Waals surface area contributed by atoms with E-state index in [2.05, 4.69) is 25.7 Å². The Bertz CT molecular complexity index is 219. The minimum atomic E-state index is 0.409. The van der Waals surface area contributed by atoms with Gasteiger partial charge in [0.15, 0.2) is 0 Å². The molecule has 0 aromatic heterocycles. The van der Waals surface area contributed by atoms with Gasteiger partial charge in [-0.3, -0.25) is 4.90 Å². The second-order valence-corrected chi connectivity index (χ2v) is 6.68. The van der Waals surface area contributed by atoms with Crippen LogP contribution in [0.4, 0.5) is 0 Å². The van der Waals surface area contributed by atoms with Crippen molar-refractivity contribution < 1.29 is 0 Å². The van der Waals surface area contributed by atoms with Crippen molar-refractivity contribution in [1.82, 2.24) is 4.90 Å². The molecule has 2 heteroatoms. The first-order valence-electron chi connectivity index (χ1n) is 6.45. The number of piperidine rings is 1.